The van der Waals surface area contributed by atoms with E-state index in [9.17, 15) is 4.79 Å². The Morgan fingerprint density at radius 3 is 2.95 bits per heavy atom. The van der Waals surface area contributed by atoms with Crippen LogP contribution in [-0.2, 0) is 0 Å². The van der Waals surface area contributed by atoms with Gasteiger partial charge in [-0.2, -0.15) is 0 Å². The van der Waals surface area contributed by atoms with Crippen molar-refractivity contribution in [1.82, 2.24) is 9.97 Å². The summed E-state index contributed by atoms with van der Waals surface area (Å²) in [6.07, 6.45) is 5.09. The highest BCUT2D eigenvalue weighted by Gasteiger charge is 2.17. The molecule has 0 amide bonds. The number of fused-ring (bicyclic) bond motifs is 1. The second-order valence-corrected chi connectivity index (χ2v) is 5.54. The summed E-state index contributed by atoms with van der Waals surface area (Å²) in [7, 11) is 0. The van der Waals surface area contributed by atoms with Crippen LogP contribution in [-0.4, -0.2) is 15.8 Å². The number of anilines is 1. The first-order valence-electron chi connectivity index (χ1n) is 6.09. The molecule has 0 spiro atoms. The van der Waals surface area contributed by atoms with E-state index >= 15 is 0 Å². The quantitative estimate of drug-likeness (QED) is 0.558. The molecule has 0 aliphatic rings. The lowest BCUT2D eigenvalue weighted by molar-refractivity contribution is 0.103. The molecule has 3 aromatic rings. The van der Waals surface area contributed by atoms with Crippen LogP contribution in [0.25, 0.3) is 10.9 Å². The third-order valence-corrected chi connectivity index (χ3v) is 3.84. The Labute approximate surface area is 124 Å². The van der Waals surface area contributed by atoms with Gasteiger partial charge >= 0.3 is 0 Å². The van der Waals surface area contributed by atoms with E-state index in [1.165, 1.54) is 0 Å². The average molecular weight is 330 g/mol. The highest BCUT2D eigenvalue weighted by atomic mass is 79.9. The highest BCUT2D eigenvalue weighted by molar-refractivity contribution is 9.10. The van der Waals surface area contributed by atoms with E-state index in [2.05, 4.69) is 25.9 Å². The number of halogens is 1. The van der Waals surface area contributed by atoms with E-state index in [0.717, 1.165) is 20.9 Å². The van der Waals surface area contributed by atoms with Crippen LogP contribution in [0.15, 0.2) is 41.3 Å². The lowest BCUT2D eigenvalue weighted by Gasteiger charge is -2.08. The van der Waals surface area contributed by atoms with Gasteiger partial charge in [-0.25, -0.2) is 0 Å². The summed E-state index contributed by atoms with van der Waals surface area (Å²) in [5.41, 5.74) is 9.41. The molecule has 0 bridgehead atoms. The number of ketones is 1. The SMILES string of the molecule is Cc1c(N)cc(Br)cc1C(=O)c1c[nH]c2ccncc12. The van der Waals surface area contributed by atoms with Crippen molar-refractivity contribution in [2.75, 3.05) is 5.73 Å². The van der Waals surface area contributed by atoms with Gasteiger partial charge < -0.3 is 10.7 Å². The zero-order chi connectivity index (χ0) is 14.3. The van der Waals surface area contributed by atoms with Crippen LogP contribution >= 0.6 is 15.9 Å². The van der Waals surface area contributed by atoms with Gasteiger partial charge in [0.25, 0.3) is 0 Å². The third-order valence-electron chi connectivity index (χ3n) is 3.39. The van der Waals surface area contributed by atoms with Crippen LogP contribution < -0.4 is 5.73 Å². The maximum absolute atomic E-state index is 12.7. The van der Waals surface area contributed by atoms with Gasteiger partial charge in [0, 0.05) is 50.8 Å². The van der Waals surface area contributed by atoms with Gasteiger partial charge in [-0.1, -0.05) is 15.9 Å². The first kappa shape index (κ1) is 12.9. The summed E-state index contributed by atoms with van der Waals surface area (Å²) >= 11 is 3.38. The number of H-pyrrole nitrogens is 1. The molecule has 0 atom stereocenters. The summed E-state index contributed by atoms with van der Waals surface area (Å²) in [6.45, 7) is 1.85. The maximum Gasteiger partial charge on any atom is 0.195 e. The molecule has 0 saturated carbocycles. The lowest BCUT2D eigenvalue weighted by atomic mass is 9.98. The minimum absolute atomic E-state index is 0.0604. The molecule has 3 rings (SSSR count). The Morgan fingerprint density at radius 1 is 1.35 bits per heavy atom. The number of hydrogen-bond acceptors (Lipinski definition) is 3. The van der Waals surface area contributed by atoms with E-state index in [1.807, 2.05) is 13.0 Å². The molecule has 5 heteroatoms. The van der Waals surface area contributed by atoms with Crippen LogP contribution in [0.5, 0.6) is 0 Å². The molecule has 1 aromatic carbocycles. The van der Waals surface area contributed by atoms with E-state index in [-0.39, 0.29) is 5.78 Å². The van der Waals surface area contributed by atoms with Gasteiger partial charge in [0.2, 0.25) is 0 Å². The second kappa shape index (κ2) is 4.76. The topological polar surface area (TPSA) is 71.8 Å². The number of nitrogens with zero attached hydrogens (tertiary/aromatic N) is 1. The number of hydrogen-bond donors (Lipinski definition) is 2. The predicted octanol–water partition coefficient (Wildman–Crippen LogP) is 3.45. The van der Waals surface area contributed by atoms with Crippen LogP contribution in [0.2, 0.25) is 0 Å². The molecule has 2 heterocycles. The summed E-state index contributed by atoms with van der Waals surface area (Å²) < 4.78 is 0.793. The lowest BCUT2D eigenvalue weighted by Crippen LogP contribution is -2.05. The van der Waals surface area contributed by atoms with Gasteiger partial charge in [0.05, 0.1) is 0 Å². The average Bonchev–Trinajstić information content (AvgIpc) is 2.86. The monoisotopic (exact) mass is 329 g/mol. The molecule has 0 saturated heterocycles. The van der Waals surface area contributed by atoms with Crippen LogP contribution in [0, 0.1) is 6.92 Å². The van der Waals surface area contributed by atoms with Crippen molar-refractivity contribution in [2.45, 2.75) is 6.92 Å². The van der Waals surface area contributed by atoms with Gasteiger partial charge in [0.1, 0.15) is 0 Å². The summed E-state index contributed by atoms with van der Waals surface area (Å²) in [5, 5.41) is 0.815. The van der Waals surface area contributed by atoms with Crippen molar-refractivity contribution in [1.29, 1.82) is 0 Å². The van der Waals surface area contributed by atoms with Gasteiger partial charge in [-0.3, -0.25) is 9.78 Å². The van der Waals surface area contributed by atoms with Gasteiger partial charge in [-0.05, 0) is 30.7 Å². The molecule has 0 radical (unpaired) electrons. The molecule has 0 unspecified atom stereocenters. The Morgan fingerprint density at radius 2 is 2.15 bits per heavy atom. The minimum Gasteiger partial charge on any atom is -0.398 e. The summed E-state index contributed by atoms with van der Waals surface area (Å²) in [4.78, 5) is 19.9. The summed E-state index contributed by atoms with van der Waals surface area (Å²) in [5.74, 6) is -0.0604. The summed E-state index contributed by atoms with van der Waals surface area (Å²) in [6, 6.07) is 5.43. The number of pyridine rings is 1. The number of rotatable bonds is 2. The fourth-order valence-corrected chi connectivity index (χ4v) is 2.71. The molecule has 0 aliphatic heterocycles. The molecule has 3 N–H and O–H groups in total. The number of nitrogen functional groups attached to an aromatic ring is 1. The second-order valence-electron chi connectivity index (χ2n) is 4.62. The zero-order valence-electron chi connectivity index (χ0n) is 10.8. The molecule has 0 aliphatic carbocycles. The molecule has 100 valence electrons. The fourth-order valence-electron chi connectivity index (χ4n) is 2.23. The maximum atomic E-state index is 12.7. The van der Waals surface area contributed by atoms with Gasteiger partial charge in [0.15, 0.2) is 5.78 Å². The Kier molecular flexibility index (Phi) is 3.06. The minimum atomic E-state index is -0.0604. The number of carbonyl (C=O) groups excluding carboxylic acids is 1. The van der Waals surface area contributed by atoms with Crippen molar-refractivity contribution in [2.24, 2.45) is 0 Å². The van der Waals surface area contributed by atoms with Crippen molar-refractivity contribution in [3.63, 3.8) is 0 Å². The standard InChI is InChI=1S/C15H12BrN3O/c1-8-10(4-9(16)5-13(8)17)15(20)12-7-19-14-2-3-18-6-11(12)14/h2-7,19H,17H2,1H3. The zero-order valence-corrected chi connectivity index (χ0v) is 12.4. The van der Waals surface area contributed by atoms with Crippen molar-refractivity contribution in [3.05, 3.63) is 58.0 Å². The number of aromatic nitrogens is 2. The largest absolute Gasteiger partial charge is 0.398 e. The first-order valence-corrected chi connectivity index (χ1v) is 6.88. The Balaban J connectivity index is 2.18. The molecular formula is C15H12BrN3O. The number of benzene rings is 1. The smallest absolute Gasteiger partial charge is 0.195 e. The first-order chi connectivity index (χ1) is 9.58. The molecule has 2 aromatic heterocycles. The number of nitrogens with two attached hydrogens (primary N) is 1. The van der Waals surface area contributed by atoms with Gasteiger partial charge in [-0.15, -0.1) is 0 Å². The van der Waals surface area contributed by atoms with Crippen LogP contribution in [0.4, 0.5) is 5.69 Å². The Hall–Kier alpha value is -2.14. The fraction of sp³-hybridized carbons (Fsp3) is 0.0667. The number of nitrogens with one attached hydrogen (secondary N) is 1. The molecule has 4 nitrogen and oxygen atoms in total. The van der Waals surface area contributed by atoms with E-state index in [1.54, 1.807) is 30.7 Å². The van der Waals surface area contributed by atoms with Crippen molar-refractivity contribution < 1.29 is 4.79 Å². The van der Waals surface area contributed by atoms with Crippen molar-refractivity contribution in [3.8, 4) is 0 Å². The molecule has 0 fully saturated rings. The Bertz CT molecular complexity index is 823. The van der Waals surface area contributed by atoms with E-state index < -0.39 is 0 Å². The highest BCUT2D eigenvalue weighted by Crippen LogP contribution is 2.27. The third kappa shape index (κ3) is 2.00. The van der Waals surface area contributed by atoms with Crippen LogP contribution in [0.3, 0.4) is 0 Å². The number of carbonyl (C=O) groups is 1. The molecule has 20 heavy (non-hydrogen) atoms. The normalized spacial score (nSPS) is 10.9. The van der Waals surface area contributed by atoms with E-state index in [4.69, 9.17) is 5.73 Å². The van der Waals surface area contributed by atoms with E-state index in [0.29, 0.717) is 16.8 Å². The van der Waals surface area contributed by atoms with Crippen LogP contribution in [0.1, 0.15) is 21.5 Å². The van der Waals surface area contributed by atoms with Crippen molar-refractivity contribution >= 4 is 38.3 Å². The predicted molar refractivity (Wildman–Crippen MR) is 82.8 cm³/mol. The number of aromatic amines is 1. The molecular weight excluding hydrogens is 318 g/mol.